The van der Waals surface area contributed by atoms with Crippen LogP contribution in [0.3, 0.4) is 0 Å². The fourth-order valence-corrected chi connectivity index (χ4v) is 9.05. The molecule has 0 aromatic rings. The van der Waals surface area contributed by atoms with E-state index in [0.29, 0.717) is 12.8 Å². The van der Waals surface area contributed by atoms with Gasteiger partial charge in [-0.05, 0) is 38.5 Å². The first kappa shape index (κ1) is 61.0. The molecule has 0 spiro atoms. The Morgan fingerprint density at radius 3 is 0.935 bits per heavy atom. The van der Waals surface area contributed by atoms with E-state index in [0.717, 1.165) is 44.9 Å². The molecule has 0 aromatic heterocycles. The zero-order valence-corrected chi connectivity index (χ0v) is 41.9. The molecule has 62 heavy (non-hydrogen) atoms. The van der Waals surface area contributed by atoms with Crippen LogP contribution >= 0.6 is 0 Å². The lowest BCUT2D eigenvalue weighted by molar-refractivity contribution is -0.132. The molecule has 0 radical (unpaired) electrons. The Hall–Kier alpha value is -0.950. The molecule has 0 fully saturated rings. The maximum atomic E-state index is 12.6. The maximum Gasteiger partial charge on any atom is 0.249 e. The lowest BCUT2D eigenvalue weighted by atomic mass is 9.99. The van der Waals surface area contributed by atoms with E-state index in [1.165, 1.54) is 238 Å². The van der Waals surface area contributed by atoms with Crippen molar-refractivity contribution in [3.8, 4) is 0 Å². The zero-order valence-electron chi connectivity index (χ0n) is 41.9. The molecule has 5 N–H and O–H groups in total. The van der Waals surface area contributed by atoms with Gasteiger partial charge in [0.1, 0.15) is 12.2 Å². The molecule has 6 heteroatoms. The van der Waals surface area contributed by atoms with E-state index in [1.54, 1.807) is 0 Å². The standard InChI is InChI=1S/C56H111NO5/c1-3-5-7-9-11-13-15-17-19-21-22-23-24-25-26-27-28-29-30-31-32-33-34-36-37-39-41-43-45-47-49-53(59)55(61)52(51-58)57-56(62)54(60)50-48-46-44-42-40-38-35-20-18-16-14-12-10-8-6-4-2/h18,20,52-55,58-61H,3-17,19,21-51H2,1-2H3,(H,57,62)/b20-18-. The minimum atomic E-state index is -1.26. The van der Waals surface area contributed by atoms with Crippen molar-refractivity contribution < 1.29 is 25.2 Å². The molecule has 0 aromatic carbocycles. The fraction of sp³-hybridized carbons (Fsp3) is 0.946. The molecule has 6 nitrogen and oxygen atoms in total. The van der Waals surface area contributed by atoms with E-state index in [1.807, 2.05) is 0 Å². The number of aliphatic hydroxyl groups is 4. The number of aliphatic hydroxyl groups excluding tert-OH is 4. The molecular weight excluding hydrogens is 767 g/mol. The molecule has 4 unspecified atom stereocenters. The molecule has 370 valence electrons. The van der Waals surface area contributed by atoms with E-state index < -0.39 is 36.9 Å². The normalized spacial score (nSPS) is 13.8. The smallest absolute Gasteiger partial charge is 0.249 e. The molecule has 0 aliphatic rings. The van der Waals surface area contributed by atoms with Gasteiger partial charge in [0, 0.05) is 0 Å². The van der Waals surface area contributed by atoms with Gasteiger partial charge in [0.25, 0.3) is 0 Å². The number of allylic oxidation sites excluding steroid dienone is 2. The summed E-state index contributed by atoms with van der Waals surface area (Å²) in [6.45, 7) is 4.08. The van der Waals surface area contributed by atoms with Gasteiger partial charge in [0.2, 0.25) is 5.91 Å². The lowest BCUT2D eigenvalue weighted by Crippen LogP contribution is -2.53. The average Bonchev–Trinajstić information content (AvgIpc) is 3.28. The molecular formula is C56H111NO5. The largest absolute Gasteiger partial charge is 0.394 e. The second kappa shape index (κ2) is 51.0. The summed E-state index contributed by atoms with van der Waals surface area (Å²) in [5, 5.41) is 43.9. The van der Waals surface area contributed by atoms with Gasteiger partial charge in [-0.1, -0.05) is 283 Å². The predicted molar refractivity (Wildman–Crippen MR) is 270 cm³/mol. The predicted octanol–water partition coefficient (Wildman–Crippen LogP) is 16.1. The van der Waals surface area contributed by atoms with Crippen molar-refractivity contribution in [1.82, 2.24) is 5.32 Å². The Balaban J connectivity index is 3.56. The van der Waals surface area contributed by atoms with Gasteiger partial charge in [-0.3, -0.25) is 4.79 Å². The molecule has 0 bridgehead atoms. The number of amides is 1. The molecule has 1 amide bonds. The summed E-state index contributed by atoms with van der Waals surface area (Å²) in [4.78, 5) is 12.6. The highest BCUT2D eigenvalue weighted by Gasteiger charge is 2.28. The van der Waals surface area contributed by atoms with Gasteiger partial charge in [-0.2, -0.15) is 0 Å². The number of rotatable bonds is 52. The van der Waals surface area contributed by atoms with E-state index in [9.17, 15) is 25.2 Å². The third-order valence-corrected chi connectivity index (χ3v) is 13.5. The summed E-state index contributed by atoms with van der Waals surface area (Å²) < 4.78 is 0. The Morgan fingerprint density at radius 1 is 0.387 bits per heavy atom. The highest BCUT2D eigenvalue weighted by molar-refractivity contribution is 5.80. The van der Waals surface area contributed by atoms with E-state index in [-0.39, 0.29) is 0 Å². The Labute approximate surface area is 387 Å². The van der Waals surface area contributed by atoms with Crippen molar-refractivity contribution in [3.63, 3.8) is 0 Å². The number of carbonyl (C=O) groups excluding carboxylic acids is 1. The van der Waals surface area contributed by atoms with Gasteiger partial charge in [0.05, 0.1) is 18.8 Å². The van der Waals surface area contributed by atoms with Gasteiger partial charge in [-0.15, -0.1) is 0 Å². The summed E-state index contributed by atoms with van der Waals surface area (Å²) >= 11 is 0. The molecule has 0 aliphatic carbocycles. The summed E-state index contributed by atoms with van der Waals surface area (Å²) in [7, 11) is 0. The molecule has 0 saturated heterocycles. The van der Waals surface area contributed by atoms with Crippen LogP contribution in [-0.4, -0.2) is 57.3 Å². The summed E-state index contributed by atoms with van der Waals surface area (Å²) in [6.07, 6.45) is 60.0. The van der Waals surface area contributed by atoms with Crippen LogP contribution in [0.5, 0.6) is 0 Å². The monoisotopic (exact) mass is 878 g/mol. The highest BCUT2D eigenvalue weighted by Crippen LogP contribution is 2.18. The second-order valence-corrected chi connectivity index (χ2v) is 19.6. The van der Waals surface area contributed by atoms with Crippen LogP contribution in [0.2, 0.25) is 0 Å². The van der Waals surface area contributed by atoms with Gasteiger partial charge >= 0.3 is 0 Å². The average molecular weight is 879 g/mol. The number of carbonyl (C=O) groups is 1. The SMILES string of the molecule is CCCCCCCC/C=C\CCCCCCCCC(O)C(=O)NC(CO)C(O)C(O)CCCCCCCCCCCCCCCCCCCCCCCCCCCCCCCC. The zero-order chi connectivity index (χ0) is 45.2. The summed E-state index contributed by atoms with van der Waals surface area (Å²) in [6, 6.07) is -0.986. The van der Waals surface area contributed by atoms with Crippen molar-refractivity contribution in [1.29, 1.82) is 0 Å². The first-order valence-corrected chi connectivity index (χ1v) is 28.1. The Morgan fingerprint density at radius 2 is 0.645 bits per heavy atom. The quantitative estimate of drug-likeness (QED) is 0.0309. The van der Waals surface area contributed by atoms with Crippen LogP contribution < -0.4 is 5.32 Å². The maximum absolute atomic E-state index is 12.6. The van der Waals surface area contributed by atoms with Crippen molar-refractivity contribution in [2.24, 2.45) is 0 Å². The number of hydrogen-bond acceptors (Lipinski definition) is 5. The number of unbranched alkanes of at least 4 members (excludes halogenated alkanes) is 41. The third-order valence-electron chi connectivity index (χ3n) is 13.5. The summed E-state index contributed by atoms with van der Waals surface area (Å²) in [5.74, 6) is -0.584. The van der Waals surface area contributed by atoms with Gasteiger partial charge in [0.15, 0.2) is 0 Å². The first-order chi connectivity index (χ1) is 30.5. The summed E-state index contributed by atoms with van der Waals surface area (Å²) in [5.41, 5.74) is 0. The van der Waals surface area contributed by atoms with Crippen LogP contribution in [0, 0.1) is 0 Å². The van der Waals surface area contributed by atoms with Gasteiger partial charge in [-0.25, -0.2) is 0 Å². The van der Waals surface area contributed by atoms with Gasteiger partial charge < -0.3 is 25.7 Å². The number of nitrogens with one attached hydrogen (secondary N) is 1. The fourth-order valence-electron chi connectivity index (χ4n) is 9.05. The molecule has 0 rings (SSSR count). The minimum absolute atomic E-state index is 0.365. The lowest BCUT2D eigenvalue weighted by Gasteiger charge is -2.27. The minimum Gasteiger partial charge on any atom is -0.394 e. The topological polar surface area (TPSA) is 110 Å². The van der Waals surface area contributed by atoms with Crippen molar-refractivity contribution in [2.45, 2.75) is 334 Å². The molecule has 4 atom stereocenters. The highest BCUT2D eigenvalue weighted by atomic mass is 16.3. The van der Waals surface area contributed by atoms with Crippen LogP contribution in [0.4, 0.5) is 0 Å². The first-order valence-electron chi connectivity index (χ1n) is 28.1. The number of hydrogen-bond donors (Lipinski definition) is 5. The van der Waals surface area contributed by atoms with Crippen molar-refractivity contribution >= 4 is 5.91 Å². The van der Waals surface area contributed by atoms with Crippen molar-refractivity contribution in [2.75, 3.05) is 6.61 Å². The van der Waals surface area contributed by atoms with E-state index >= 15 is 0 Å². The molecule has 0 saturated carbocycles. The van der Waals surface area contributed by atoms with Crippen LogP contribution in [0.15, 0.2) is 12.2 Å². The van der Waals surface area contributed by atoms with Crippen LogP contribution in [0.1, 0.15) is 309 Å². The Kier molecular flexibility index (Phi) is 50.3. The van der Waals surface area contributed by atoms with E-state index in [4.69, 9.17) is 0 Å². The second-order valence-electron chi connectivity index (χ2n) is 19.6. The van der Waals surface area contributed by atoms with Crippen LogP contribution in [-0.2, 0) is 4.79 Å². The molecule has 0 aliphatic heterocycles. The van der Waals surface area contributed by atoms with E-state index in [2.05, 4.69) is 31.3 Å². The van der Waals surface area contributed by atoms with Crippen molar-refractivity contribution in [3.05, 3.63) is 12.2 Å². The Bertz CT molecular complexity index is 898. The molecule has 0 heterocycles. The third kappa shape index (κ3) is 44.3. The van der Waals surface area contributed by atoms with Crippen LogP contribution in [0.25, 0.3) is 0 Å².